The van der Waals surface area contributed by atoms with E-state index in [9.17, 15) is 24.0 Å². The van der Waals surface area contributed by atoms with Crippen molar-refractivity contribution in [2.24, 2.45) is 29.1 Å². The van der Waals surface area contributed by atoms with Crippen LogP contribution in [-0.2, 0) is 42.9 Å². The minimum absolute atomic E-state index is 0.206. The second-order valence-corrected chi connectivity index (χ2v) is 13.1. The molecule has 11 heteroatoms. The van der Waals surface area contributed by atoms with Crippen LogP contribution in [0.15, 0.2) is 36.2 Å². The lowest BCUT2D eigenvalue weighted by atomic mass is 9.80. The van der Waals surface area contributed by atoms with Gasteiger partial charge in [-0.1, -0.05) is 27.7 Å². The van der Waals surface area contributed by atoms with Crippen LogP contribution >= 0.6 is 0 Å². The summed E-state index contributed by atoms with van der Waals surface area (Å²) in [6.45, 7) is 13.0. The fourth-order valence-electron chi connectivity index (χ4n) is 7.87. The molecule has 11 nitrogen and oxygen atoms in total. The quantitative estimate of drug-likeness (QED) is 0.213. The highest BCUT2D eigenvalue weighted by atomic mass is 16.7. The van der Waals surface area contributed by atoms with Crippen molar-refractivity contribution in [2.75, 3.05) is 0 Å². The van der Waals surface area contributed by atoms with E-state index in [-0.39, 0.29) is 23.7 Å². The van der Waals surface area contributed by atoms with Gasteiger partial charge in [-0.25, -0.2) is 4.79 Å². The standard InChI is InChI=1S/C32H39NO10/c1-15-12-32-28(41-20(6)36)16(2)13-31(32,43-32)27(37)17(3)25(40-19(5)35)22-23(30(22,7)8)26(24(15)39-18(4)34)42-29(38)21-10-9-11-33-14-21/h9-12,14,16-17,22-26,28H,13H2,1-8H3/b15-12-. The van der Waals surface area contributed by atoms with Gasteiger partial charge in [0.1, 0.15) is 18.3 Å². The summed E-state index contributed by atoms with van der Waals surface area (Å²) in [7, 11) is 0. The highest BCUT2D eigenvalue weighted by Gasteiger charge is 2.84. The smallest absolute Gasteiger partial charge is 0.340 e. The largest absolute Gasteiger partial charge is 0.461 e. The van der Waals surface area contributed by atoms with Crippen molar-refractivity contribution in [3.8, 4) is 0 Å². The number of epoxide rings is 1. The van der Waals surface area contributed by atoms with Crippen molar-refractivity contribution in [3.05, 3.63) is 41.7 Å². The molecular weight excluding hydrogens is 558 g/mol. The fraction of sp³-hybridized carbons (Fsp3) is 0.625. The fourth-order valence-corrected chi connectivity index (χ4v) is 7.87. The van der Waals surface area contributed by atoms with E-state index in [0.717, 1.165) is 0 Å². The molecule has 43 heavy (non-hydrogen) atoms. The number of carbonyl (C=O) groups is 5. The summed E-state index contributed by atoms with van der Waals surface area (Å²) in [4.78, 5) is 69.0. The molecule has 0 spiro atoms. The third-order valence-electron chi connectivity index (χ3n) is 9.71. The Hall–Kier alpha value is -3.60. The summed E-state index contributed by atoms with van der Waals surface area (Å²) in [6.07, 6.45) is 1.09. The van der Waals surface area contributed by atoms with Gasteiger partial charge >= 0.3 is 23.9 Å². The zero-order valence-electron chi connectivity index (χ0n) is 25.7. The molecule has 232 valence electrons. The number of esters is 4. The lowest BCUT2D eigenvalue weighted by Gasteiger charge is -2.30. The molecule has 0 amide bonds. The average Bonchev–Trinajstić information content (AvgIpc) is 3.71. The monoisotopic (exact) mass is 597 g/mol. The van der Waals surface area contributed by atoms with Gasteiger partial charge in [-0.3, -0.25) is 24.2 Å². The molecule has 4 aliphatic rings. The van der Waals surface area contributed by atoms with E-state index in [4.69, 9.17) is 23.7 Å². The van der Waals surface area contributed by atoms with E-state index in [1.165, 1.54) is 33.2 Å². The maximum Gasteiger partial charge on any atom is 0.340 e. The van der Waals surface area contributed by atoms with Gasteiger partial charge in [-0.2, -0.15) is 0 Å². The van der Waals surface area contributed by atoms with Crippen molar-refractivity contribution in [2.45, 2.75) is 97.4 Å². The van der Waals surface area contributed by atoms with Gasteiger partial charge in [0, 0.05) is 45.0 Å². The van der Waals surface area contributed by atoms with Crippen molar-refractivity contribution < 1.29 is 47.7 Å². The Morgan fingerprint density at radius 2 is 1.56 bits per heavy atom. The maximum absolute atomic E-state index is 14.4. The van der Waals surface area contributed by atoms with Gasteiger partial charge in [-0.15, -0.1) is 0 Å². The Balaban J connectivity index is 1.69. The number of ketones is 1. The Morgan fingerprint density at radius 3 is 2.14 bits per heavy atom. The number of ether oxygens (including phenoxy) is 5. The minimum atomic E-state index is -1.34. The summed E-state index contributed by atoms with van der Waals surface area (Å²) in [5.41, 5.74) is -2.59. The first-order valence-electron chi connectivity index (χ1n) is 14.6. The molecule has 3 fully saturated rings. The molecule has 0 aromatic carbocycles. The summed E-state index contributed by atoms with van der Waals surface area (Å²) in [5.74, 6) is -4.58. The highest BCUT2D eigenvalue weighted by Crippen LogP contribution is 2.69. The number of rotatable bonds is 5. The SMILES string of the molecule is CC(=O)OC1/C(C)=C\C23OC2(CC(C)C3OC(C)=O)C(=O)C(C)C(OC(C)=O)C2C(C1OC(=O)c1cccnc1)C2(C)C. The lowest BCUT2D eigenvalue weighted by Crippen LogP contribution is -2.43. The molecule has 1 saturated heterocycles. The van der Waals surface area contributed by atoms with Crippen LogP contribution in [0.4, 0.5) is 0 Å². The van der Waals surface area contributed by atoms with E-state index in [2.05, 4.69) is 4.98 Å². The Bertz CT molecular complexity index is 1390. The van der Waals surface area contributed by atoms with Gasteiger partial charge in [0.25, 0.3) is 0 Å². The van der Waals surface area contributed by atoms with Crippen molar-refractivity contribution in [1.82, 2.24) is 4.98 Å². The van der Waals surface area contributed by atoms with Gasteiger partial charge in [0.2, 0.25) is 0 Å². The molecule has 10 atom stereocenters. The van der Waals surface area contributed by atoms with E-state index >= 15 is 0 Å². The summed E-state index contributed by atoms with van der Waals surface area (Å²) < 4.78 is 30.0. The molecule has 1 aromatic rings. The minimum Gasteiger partial charge on any atom is -0.461 e. The predicted molar refractivity (Wildman–Crippen MR) is 149 cm³/mol. The molecular formula is C32H39NO10. The van der Waals surface area contributed by atoms with E-state index in [0.29, 0.717) is 5.57 Å². The molecule has 2 saturated carbocycles. The molecule has 0 radical (unpaired) electrons. The van der Waals surface area contributed by atoms with Gasteiger partial charge in [0.05, 0.1) is 11.5 Å². The Labute approximate surface area is 250 Å². The third kappa shape index (κ3) is 4.95. The third-order valence-corrected chi connectivity index (χ3v) is 9.71. The molecule has 1 aliphatic heterocycles. The van der Waals surface area contributed by atoms with E-state index in [1.54, 1.807) is 32.1 Å². The molecule has 0 bridgehead atoms. The van der Waals surface area contributed by atoms with Gasteiger partial charge in [-0.05, 0) is 48.5 Å². The number of hydrogen-bond donors (Lipinski definition) is 0. The molecule has 3 aliphatic carbocycles. The highest BCUT2D eigenvalue weighted by molar-refractivity contribution is 5.96. The molecule has 0 N–H and O–H groups in total. The topological polar surface area (TPSA) is 148 Å². The maximum atomic E-state index is 14.4. The molecule has 2 heterocycles. The number of fused-ring (bicyclic) bond motifs is 1. The molecule has 10 unspecified atom stereocenters. The number of aromatic nitrogens is 1. The van der Waals surface area contributed by atoms with Crippen LogP contribution < -0.4 is 0 Å². The summed E-state index contributed by atoms with van der Waals surface area (Å²) in [6, 6.07) is 3.17. The van der Waals surface area contributed by atoms with Crippen molar-refractivity contribution in [3.63, 3.8) is 0 Å². The zero-order chi connectivity index (χ0) is 31.6. The van der Waals surface area contributed by atoms with E-state index in [1.807, 2.05) is 20.8 Å². The van der Waals surface area contributed by atoms with Crippen LogP contribution in [0.2, 0.25) is 0 Å². The summed E-state index contributed by atoms with van der Waals surface area (Å²) >= 11 is 0. The first kappa shape index (κ1) is 30.8. The van der Waals surface area contributed by atoms with Crippen LogP contribution in [0, 0.1) is 29.1 Å². The second kappa shape index (κ2) is 10.5. The number of carbonyl (C=O) groups excluding carboxylic acids is 5. The Kier molecular flexibility index (Phi) is 7.56. The number of Topliss-reactive ketones (excluding diaryl/α,β-unsaturated/α-hetero) is 1. The van der Waals surface area contributed by atoms with Gasteiger partial charge in [0.15, 0.2) is 23.1 Å². The lowest BCUT2D eigenvalue weighted by molar-refractivity contribution is -0.154. The van der Waals surface area contributed by atoms with E-state index < -0.39 is 82.7 Å². The predicted octanol–water partition coefficient (Wildman–Crippen LogP) is 3.39. The first-order valence-corrected chi connectivity index (χ1v) is 14.6. The number of pyridine rings is 1. The summed E-state index contributed by atoms with van der Waals surface area (Å²) in [5, 5.41) is 0. The van der Waals surface area contributed by atoms with Crippen LogP contribution in [0.5, 0.6) is 0 Å². The molecule has 5 rings (SSSR count). The first-order chi connectivity index (χ1) is 20.1. The van der Waals surface area contributed by atoms with Crippen LogP contribution in [0.1, 0.15) is 72.2 Å². The zero-order valence-corrected chi connectivity index (χ0v) is 25.7. The normalized spacial score (nSPS) is 40.2. The van der Waals surface area contributed by atoms with Crippen LogP contribution in [-0.4, -0.2) is 70.3 Å². The second-order valence-electron chi connectivity index (χ2n) is 13.1. The van der Waals surface area contributed by atoms with Crippen molar-refractivity contribution >= 4 is 29.7 Å². The molecule has 1 aromatic heterocycles. The number of nitrogens with zero attached hydrogens (tertiary/aromatic N) is 1. The van der Waals surface area contributed by atoms with Crippen molar-refractivity contribution in [1.29, 1.82) is 0 Å². The number of hydrogen-bond acceptors (Lipinski definition) is 11. The average molecular weight is 598 g/mol. The van der Waals surface area contributed by atoms with Crippen LogP contribution in [0.3, 0.4) is 0 Å². The van der Waals surface area contributed by atoms with Gasteiger partial charge < -0.3 is 23.7 Å². The van der Waals surface area contributed by atoms with Crippen LogP contribution in [0.25, 0.3) is 0 Å². The Morgan fingerprint density at radius 1 is 0.930 bits per heavy atom.